The number of rotatable bonds is 10. The van der Waals surface area contributed by atoms with E-state index in [0.717, 1.165) is 10.9 Å². The number of H-pyrrole nitrogens is 1. The summed E-state index contributed by atoms with van der Waals surface area (Å²) in [5, 5.41) is 69.1. The molecule has 0 bridgehead atoms. The van der Waals surface area contributed by atoms with E-state index in [4.69, 9.17) is 20.3 Å². The number of nitrogens with two attached hydrogens (primary N) is 1. The summed E-state index contributed by atoms with van der Waals surface area (Å²) in [5.41, 5.74) is 4.45. The molecule has 41 heavy (non-hydrogen) atoms. The summed E-state index contributed by atoms with van der Waals surface area (Å²) in [6.07, 6.45) is -18.2. The highest BCUT2D eigenvalue weighted by atomic mass is 31.3. The first-order valence-corrected chi connectivity index (χ1v) is 14.4. The molecule has 2 aromatic heterocycles. The lowest BCUT2D eigenvalue weighted by Crippen LogP contribution is -2.61. The Morgan fingerprint density at radius 2 is 1.76 bits per heavy atom. The van der Waals surface area contributed by atoms with E-state index in [1.165, 1.54) is 0 Å². The Hall–Kier alpha value is -1.95. The van der Waals surface area contributed by atoms with Gasteiger partial charge in [0.1, 0.15) is 48.8 Å². The fourth-order valence-corrected chi connectivity index (χ4v) is 6.15. The number of imidazole rings is 1. The molecule has 2 saturated heterocycles. The number of nitrogens with zero attached hydrogens (tertiary/aromatic N) is 3. The van der Waals surface area contributed by atoms with Gasteiger partial charge in [-0.1, -0.05) is 0 Å². The van der Waals surface area contributed by atoms with Gasteiger partial charge in [0.15, 0.2) is 23.7 Å². The van der Waals surface area contributed by atoms with Crippen molar-refractivity contribution in [3.05, 3.63) is 16.7 Å². The van der Waals surface area contributed by atoms with Crippen LogP contribution in [0.1, 0.15) is 6.23 Å². The van der Waals surface area contributed by atoms with E-state index < -0.39 is 95.8 Å². The molecule has 0 aromatic carbocycles. The Balaban J connectivity index is 1.40. The van der Waals surface area contributed by atoms with Crippen LogP contribution >= 0.6 is 15.6 Å². The minimum atomic E-state index is -6.00. The number of fused-ring (bicyclic) bond motifs is 1. The molecule has 232 valence electrons. The van der Waals surface area contributed by atoms with Gasteiger partial charge >= 0.3 is 0 Å². The third kappa shape index (κ3) is 6.68. The van der Waals surface area contributed by atoms with Crippen LogP contribution in [0, 0.1) is 0 Å². The van der Waals surface area contributed by atoms with E-state index in [9.17, 15) is 54.4 Å². The van der Waals surface area contributed by atoms with Crippen LogP contribution in [0.4, 0.5) is 5.95 Å². The van der Waals surface area contributed by atoms with Crippen LogP contribution in [0.5, 0.6) is 0 Å². The lowest BCUT2D eigenvalue weighted by Gasteiger charge is -2.43. The van der Waals surface area contributed by atoms with Crippen molar-refractivity contribution in [1.29, 1.82) is 0 Å². The van der Waals surface area contributed by atoms with Gasteiger partial charge in [-0.25, -0.2) is 9.29 Å². The van der Waals surface area contributed by atoms with E-state index >= 15 is 0 Å². The van der Waals surface area contributed by atoms with Crippen molar-refractivity contribution in [3.8, 4) is 0 Å². The first-order valence-electron chi connectivity index (χ1n) is 11.4. The largest absolute Gasteiger partial charge is 0.756 e. The molecule has 2 aliphatic rings. The van der Waals surface area contributed by atoms with E-state index in [2.05, 4.69) is 28.3 Å². The molecule has 0 aliphatic carbocycles. The molecule has 0 radical (unpaired) electrons. The molecule has 0 spiro atoms. The Labute approximate surface area is 227 Å². The molecule has 0 saturated carbocycles. The Morgan fingerprint density at radius 3 is 2.41 bits per heavy atom. The summed E-state index contributed by atoms with van der Waals surface area (Å²) in [7, 11) is -11.9. The normalized spacial score (nSPS) is 36.2. The smallest absolute Gasteiger partial charge is 0.280 e. The molecule has 12 atom stereocenters. The predicted molar refractivity (Wildman–Crippen MR) is 122 cm³/mol. The van der Waals surface area contributed by atoms with E-state index in [-0.39, 0.29) is 17.1 Å². The number of aliphatic hydroxyl groups is 7. The zero-order valence-electron chi connectivity index (χ0n) is 20.3. The van der Waals surface area contributed by atoms with Gasteiger partial charge in [0, 0.05) is 0 Å². The van der Waals surface area contributed by atoms with Crippen molar-refractivity contribution in [2.45, 2.75) is 61.3 Å². The number of aliphatic hydroxyl groups excluding tert-OH is 7. The molecular weight excluding hydrogens is 608 g/mol. The number of aromatic nitrogens is 4. The first kappa shape index (κ1) is 32.0. The third-order valence-electron chi connectivity index (χ3n) is 6.06. The van der Waals surface area contributed by atoms with Gasteiger partial charge in [-0.05, 0) is 0 Å². The molecule has 2 aliphatic heterocycles. The van der Waals surface area contributed by atoms with Gasteiger partial charge in [0.2, 0.25) is 5.95 Å². The van der Waals surface area contributed by atoms with Gasteiger partial charge < -0.3 is 65.3 Å². The van der Waals surface area contributed by atoms with Crippen LogP contribution in [-0.4, -0.2) is 124 Å². The molecule has 2 aromatic rings. The van der Waals surface area contributed by atoms with Crippen molar-refractivity contribution < 1.29 is 77.5 Å². The summed E-state index contributed by atoms with van der Waals surface area (Å²) in [4.78, 5) is 46.3. The summed E-state index contributed by atoms with van der Waals surface area (Å²) in [5.74, 6) is -0.303. The van der Waals surface area contributed by atoms with Crippen LogP contribution in [0.25, 0.3) is 11.2 Å². The van der Waals surface area contributed by atoms with Crippen LogP contribution in [0.15, 0.2) is 11.1 Å². The van der Waals surface area contributed by atoms with E-state index in [1.807, 2.05) is 0 Å². The number of nitrogen functional groups attached to an aromatic ring is 1. The maximum absolute atomic E-state index is 12.2. The number of anilines is 1. The number of phosphoric acid groups is 2. The molecule has 24 heteroatoms. The van der Waals surface area contributed by atoms with Crippen molar-refractivity contribution in [1.82, 2.24) is 19.5 Å². The fraction of sp³-hybridized carbons (Fsp3) is 0.706. The highest BCUT2D eigenvalue weighted by Crippen LogP contribution is 2.57. The summed E-state index contributed by atoms with van der Waals surface area (Å²) in [6, 6.07) is 0. The summed E-state index contributed by atoms with van der Waals surface area (Å²) in [6.45, 7) is -2.13. The topological polar surface area (TPSA) is 358 Å². The average molecular weight is 633 g/mol. The zero-order valence-corrected chi connectivity index (χ0v) is 22.1. The maximum atomic E-state index is 12.2. The van der Waals surface area contributed by atoms with Crippen molar-refractivity contribution in [2.75, 3.05) is 18.9 Å². The Kier molecular flexibility index (Phi) is 9.34. The molecule has 4 heterocycles. The number of aromatic amines is 1. The number of ether oxygens (including phenoxy) is 2. The second kappa shape index (κ2) is 12.0. The van der Waals surface area contributed by atoms with Gasteiger partial charge in [-0.2, -0.15) is 4.98 Å². The fourth-order valence-electron chi connectivity index (χ4n) is 4.07. The predicted octanol–water partition coefficient (Wildman–Crippen LogP) is -6.53. The van der Waals surface area contributed by atoms with Crippen LogP contribution in [0.3, 0.4) is 0 Å². The van der Waals surface area contributed by atoms with E-state index in [0.29, 0.717) is 0 Å². The minimum Gasteiger partial charge on any atom is -0.756 e. The van der Waals surface area contributed by atoms with Crippen molar-refractivity contribution in [2.24, 2.45) is 0 Å². The SMILES string of the molecule is Nc1nc2c(ncn2[C@@H]2O[C@H](COP(=O)([O-])OP(=O)([O-])O[C@H]3O[C@H]([C@H](O)CO)[C@@H](O)[C@H](O)[C@@H]3O)[C@@H](O)[C@H]2O)c(=O)[nH]1. The number of hydrogen-bond acceptors (Lipinski definition) is 20. The maximum Gasteiger partial charge on any atom is 0.280 e. The lowest BCUT2D eigenvalue weighted by atomic mass is 9.96. The van der Waals surface area contributed by atoms with Crippen LogP contribution in [-0.2, 0) is 32.0 Å². The van der Waals surface area contributed by atoms with Gasteiger partial charge in [-0.15, -0.1) is 0 Å². The van der Waals surface area contributed by atoms with Gasteiger partial charge in [0.05, 0.1) is 19.5 Å². The number of nitrogens with one attached hydrogen (secondary N) is 1. The van der Waals surface area contributed by atoms with E-state index in [1.54, 1.807) is 0 Å². The second-order valence-electron chi connectivity index (χ2n) is 8.89. The van der Waals surface area contributed by atoms with Crippen LogP contribution < -0.4 is 21.1 Å². The zero-order chi connectivity index (χ0) is 30.4. The summed E-state index contributed by atoms with van der Waals surface area (Å²) >= 11 is 0. The van der Waals surface area contributed by atoms with Crippen molar-refractivity contribution >= 4 is 32.8 Å². The number of hydrogen-bond donors (Lipinski definition) is 9. The number of phosphoric ester groups is 2. The molecule has 22 nitrogen and oxygen atoms in total. The average Bonchev–Trinajstić information content (AvgIpc) is 3.42. The molecule has 10 N–H and O–H groups in total. The minimum absolute atomic E-state index is 0.148. The van der Waals surface area contributed by atoms with Gasteiger partial charge in [-0.3, -0.25) is 28.0 Å². The lowest BCUT2D eigenvalue weighted by molar-refractivity contribution is -0.313. The molecule has 2 unspecified atom stereocenters. The standard InChI is InChI=1S/C17H27N5O17P2/c18-17-20-13-6(14(30)21-17)19-3-22(13)15-10(28)7(25)5(36-15)2-35-40(31,32)39-41(33,34)38-16-11(29)8(26)9(27)12(37-16)4(24)1-23/h3-5,7-12,15-16,23-29H,1-2H2,(H,31,32)(H,33,34)(H3,18,20,21,30)/p-2/t4-,5-,7-,8+,9+,10-,11+,12-,15-,16-/m1/s1. The van der Waals surface area contributed by atoms with Crippen molar-refractivity contribution in [3.63, 3.8) is 0 Å². The Morgan fingerprint density at radius 1 is 1.07 bits per heavy atom. The second-order valence-corrected chi connectivity index (χ2v) is 11.8. The first-order chi connectivity index (χ1) is 19.0. The van der Waals surface area contributed by atoms with Gasteiger partial charge in [0.25, 0.3) is 21.2 Å². The van der Waals surface area contributed by atoms with Crippen LogP contribution in [0.2, 0.25) is 0 Å². The Bertz CT molecular complexity index is 1390. The monoisotopic (exact) mass is 633 g/mol. The molecule has 0 amide bonds. The quantitative estimate of drug-likeness (QED) is 0.110. The molecular formula is C17H25N5O17P2-2. The summed E-state index contributed by atoms with van der Waals surface area (Å²) < 4.78 is 48.3. The highest BCUT2D eigenvalue weighted by Gasteiger charge is 2.49. The molecule has 2 fully saturated rings. The highest BCUT2D eigenvalue weighted by molar-refractivity contribution is 7.59. The third-order valence-corrected chi connectivity index (χ3v) is 8.60. The molecule has 4 rings (SSSR count).